The van der Waals surface area contributed by atoms with E-state index in [4.69, 9.17) is 4.74 Å². The van der Waals surface area contributed by atoms with Crippen molar-refractivity contribution in [3.63, 3.8) is 0 Å². The van der Waals surface area contributed by atoms with Crippen LogP contribution in [0.25, 0.3) is 0 Å². The molecule has 0 N–H and O–H groups in total. The second-order valence-electron chi connectivity index (χ2n) is 4.90. The fourth-order valence-electron chi connectivity index (χ4n) is 2.31. The first-order valence-corrected chi connectivity index (χ1v) is 7.23. The van der Waals surface area contributed by atoms with Gasteiger partial charge < -0.3 is 9.64 Å². The molecule has 0 radical (unpaired) electrons. The van der Waals surface area contributed by atoms with E-state index in [9.17, 15) is 0 Å². The molecule has 2 nitrogen and oxygen atoms in total. The van der Waals surface area contributed by atoms with E-state index in [0.717, 1.165) is 19.7 Å². The average molecular weight is 269 g/mol. The van der Waals surface area contributed by atoms with Crippen LogP contribution < -0.4 is 4.90 Å². The molecule has 0 unspecified atom stereocenters. The number of rotatable bonds is 7. The third-order valence-electron chi connectivity index (χ3n) is 3.45. The molecule has 2 aromatic carbocycles. The zero-order chi connectivity index (χ0) is 14.2. The molecule has 0 fully saturated rings. The van der Waals surface area contributed by atoms with Crippen molar-refractivity contribution in [1.82, 2.24) is 0 Å². The van der Waals surface area contributed by atoms with Gasteiger partial charge in [-0.25, -0.2) is 0 Å². The van der Waals surface area contributed by atoms with Crippen LogP contribution in [0.2, 0.25) is 0 Å². The van der Waals surface area contributed by atoms with Crippen molar-refractivity contribution in [2.24, 2.45) is 0 Å². The number of likely N-dealkylation sites (N-methyl/N-ethyl adjacent to an activating group) is 1. The molecule has 2 heteroatoms. The molecule has 0 aliphatic rings. The largest absolute Gasteiger partial charge is 0.375 e. The lowest BCUT2D eigenvalue weighted by atomic mass is 10.2. The molecule has 0 aromatic heterocycles. The number of hydrogen-bond donors (Lipinski definition) is 0. The maximum atomic E-state index is 5.77. The second kappa shape index (κ2) is 7.71. The molecule has 0 amide bonds. The number of nitrogens with zero attached hydrogens (tertiary/aromatic N) is 1. The summed E-state index contributed by atoms with van der Waals surface area (Å²) in [6.45, 7) is 7.70. The summed E-state index contributed by atoms with van der Waals surface area (Å²) in [7, 11) is 0. The lowest BCUT2D eigenvalue weighted by molar-refractivity contribution is 0.127. The lowest BCUT2D eigenvalue weighted by Crippen LogP contribution is -2.27. The van der Waals surface area contributed by atoms with Gasteiger partial charge in [-0.1, -0.05) is 48.5 Å². The highest BCUT2D eigenvalue weighted by atomic mass is 16.5. The van der Waals surface area contributed by atoms with Gasteiger partial charge in [0, 0.05) is 18.8 Å². The van der Waals surface area contributed by atoms with Crippen LogP contribution in [0, 0.1) is 6.92 Å². The Morgan fingerprint density at radius 3 is 2.35 bits per heavy atom. The molecule has 0 bridgehead atoms. The Labute approximate surface area is 122 Å². The van der Waals surface area contributed by atoms with Crippen LogP contribution >= 0.6 is 0 Å². The van der Waals surface area contributed by atoms with Crippen molar-refractivity contribution in [2.75, 3.05) is 24.6 Å². The van der Waals surface area contributed by atoms with E-state index >= 15 is 0 Å². The lowest BCUT2D eigenvalue weighted by Gasteiger charge is -2.24. The Morgan fingerprint density at radius 1 is 0.950 bits per heavy atom. The van der Waals surface area contributed by atoms with Gasteiger partial charge in [-0.05, 0) is 31.0 Å². The molecule has 0 atom stereocenters. The topological polar surface area (TPSA) is 12.5 Å². The van der Waals surface area contributed by atoms with Crippen LogP contribution in [0.5, 0.6) is 0 Å². The summed E-state index contributed by atoms with van der Waals surface area (Å²) < 4.78 is 5.77. The Balaban J connectivity index is 1.81. The summed E-state index contributed by atoms with van der Waals surface area (Å²) >= 11 is 0. The Morgan fingerprint density at radius 2 is 1.65 bits per heavy atom. The van der Waals surface area contributed by atoms with Crippen molar-refractivity contribution in [3.8, 4) is 0 Å². The number of para-hydroxylation sites is 1. The third-order valence-corrected chi connectivity index (χ3v) is 3.45. The fraction of sp³-hybridized carbons (Fsp3) is 0.333. The predicted molar refractivity (Wildman–Crippen MR) is 85.2 cm³/mol. The van der Waals surface area contributed by atoms with Gasteiger partial charge in [0.25, 0.3) is 0 Å². The van der Waals surface area contributed by atoms with Gasteiger partial charge >= 0.3 is 0 Å². The molecule has 0 heterocycles. The number of aryl methyl sites for hydroxylation is 1. The van der Waals surface area contributed by atoms with Crippen LogP contribution in [0.3, 0.4) is 0 Å². The van der Waals surface area contributed by atoms with Crippen LogP contribution in [-0.4, -0.2) is 19.7 Å². The third kappa shape index (κ3) is 4.10. The van der Waals surface area contributed by atoms with Crippen molar-refractivity contribution in [2.45, 2.75) is 20.5 Å². The zero-order valence-electron chi connectivity index (χ0n) is 12.4. The second-order valence-corrected chi connectivity index (χ2v) is 4.90. The maximum absolute atomic E-state index is 5.77. The van der Waals surface area contributed by atoms with Crippen LogP contribution in [0.4, 0.5) is 5.69 Å². The van der Waals surface area contributed by atoms with Crippen LogP contribution in [0.15, 0.2) is 54.6 Å². The fourth-order valence-corrected chi connectivity index (χ4v) is 2.31. The summed E-state index contributed by atoms with van der Waals surface area (Å²) in [5.41, 5.74) is 3.85. The van der Waals surface area contributed by atoms with Gasteiger partial charge in [-0.2, -0.15) is 0 Å². The van der Waals surface area contributed by atoms with E-state index in [1.54, 1.807) is 0 Å². The molecular formula is C18H23NO. The summed E-state index contributed by atoms with van der Waals surface area (Å²) in [6, 6.07) is 18.8. The first kappa shape index (κ1) is 14.6. The SMILES string of the molecule is CCN(CCOCc1ccccc1)c1ccccc1C. The van der Waals surface area contributed by atoms with E-state index in [1.165, 1.54) is 16.8 Å². The minimum atomic E-state index is 0.687. The van der Waals surface area contributed by atoms with Gasteiger partial charge in [-0.15, -0.1) is 0 Å². The Kier molecular flexibility index (Phi) is 5.63. The predicted octanol–water partition coefficient (Wildman–Crippen LogP) is 4.04. The molecule has 0 spiro atoms. The Hall–Kier alpha value is -1.80. The smallest absolute Gasteiger partial charge is 0.0717 e. The van der Waals surface area contributed by atoms with Crippen LogP contribution in [-0.2, 0) is 11.3 Å². The molecule has 20 heavy (non-hydrogen) atoms. The van der Waals surface area contributed by atoms with Crippen molar-refractivity contribution < 1.29 is 4.74 Å². The quantitative estimate of drug-likeness (QED) is 0.703. The van der Waals surface area contributed by atoms with Gasteiger partial charge in [0.1, 0.15) is 0 Å². The van der Waals surface area contributed by atoms with Crippen LogP contribution in [0.1, 0.15) is 18.1 Å². The first-order valence-electron chi connectivity index (χ1n) is 7.23. The highest BCUT2D eigenvalue weighted by Gasteiger charge is 2.06. The summed E-state index contributed by atoms with van der Waals surface area (Å²) in [4.78, 5) is 2.36. The minimum absolute atomic E-state index is 0.687. The molecule has 0 aliphatic carbocycles. The van der Waals surface area contributed by atoms with Gasteiger partial charge in [0.2, 0.25) is 0 Å². The summed E-state index contributed by atoms with van der Waals surface area (Å²) in [5, 5.41) is 0. The molecule has 2 rings (SSSR count). The highest BCUT2D eigenvalue weighted by molar-refractivity contribution is 5.52. The van der Waals surface area contributed by atoms with Crippen molar-refractivity contribution in [1.29, 1.82) is 0 Å². The molecule has 0 aliphatic heterocycles. The van der Waals surface area contributed by atoms with Crippen molar-refractivity contribution in [3.05, 3.63) is 65.7 Å². The number of ether oxygens (including phenoxy) is 1. The van der Waals surface area contributed by atoms with E-state index in [2.05, 4.69) is 55.1 Å². The number of benzene rings is 2. The van der Waals surface area contributed by atoms with Gasteiger partial charge in [0.05, 0.1) is 13.2 Å². The zero-order valence-corrected chi connectivity index (χ0v) is 12.4. The number of hydrogen-bond acceptors (Lipinski definition) is 2. The Bertz CT molecular complexity index is 510. The monoisotopic (exact) mass is 269 g/mol. The standard InChI is InChI=1S/C18H23NO/c1-3-19(18-12-8-7-9-16(18)2)13-14-20-15-17-10-5-4-6-11-17/h4-12H,3,13-15H2,1-2H3. The molecular weight excluding hydrogens is 246 g/mol. The molecule has 106 valence electrons. The normalized spacial score (nSPS) is 10.5. The van der Waals surface area contributed by atoms with Crippen molar-refractivity contribution >= 4 is 5.69 Å². The van der Waals surface area contributed by atoms with Gasteiger partial charge in [-0.3, -0.25) is 0 Å². The number of anilines is 1. The van der Waals surface area contributed by atoms with Gasteiger partial charge in [0.15, 0.2) is 0 Å². The highest BCUT2D eigenvalue weighted by Crippen LogP contribution is 2.18. The molecule has 0 saturated heterocycles. The molecule has 2 aromatic rings. The van der Waals surface area contributed by atoms with E-state index < -0.39 is 0 Å². The van der Waals surface area contributed by atoms with E-state index in [-0.39, 0.29) is 0 Å². The summed E-state index contributed by atoms with van der Waals surface area (Å²) in [6.07, 6.45) is 0. The van der Waals surface area contributed by atoms with E-state index in [1.807, 2.05) is 18.2 Å². The maximum Gasteiger partial charge on any atom is 0.0717 e. The minimum Gasteiger partial charge on any atom is -0.375 e. The molecule has 0 saturated carbocycles. The summed E-state index contributed by atoms with van der Waals surface area (Å²) in [5.74, 6) is 0. The first-order chi connectivity index (χ1) is 9.81. The average Bonchev–Trinajstić information content (AvgIpc) is 2.50. The van der Waals surface area contributed by atoms with E-state index in [0.29, 0.717) is 6.61 Å².